The minimum atomic E-state index is -0.724. The number of amides is 1. The number of halogens is 1. The summed E-state index contributed by atoms with van der Waals surface area (Å²) in [4.78, 5) is 27.7. The number of phenols is 1. The van der Waals surface area contributed by atoms with Crippen molar-refractivity contribution in [1.82, 2.24) is 15.2 Å². The van der Waals surface area contributed by atoms with Crippen LogP contribution in [0.1, 0.15) is 25.8 Å². The van der Waals surface area contributed by atoms with Gasteiger partial charge in [-0.2, -0.15) is 0 Å². The highest BCUT2D eigenvalue weighted by Gasteiger charge is 2.40. The molecular formula is C18H27FN5O3+. The molecule has 1 amide bonds. The quantitative estimate of drug-likeness (QED) is 0.723. The molecular weight excluding hydrogens is 353 g/mol. The third-order valence-electron chi connectivity index (χ3n) is 4.99. The maximum atomic E-state index is 14.5. The molecule has 2 aliphatic rings. The Morgan fingerprint density at radius 1 is 1.22 bits per heavy atom. The molecule has 0 aliphatic carbocycles. The summed E-state index contributed by atoms with van der Waals surface area (Å²) in [6.45, 7) is 9.49. The first-order valence-corrected chi connectivity index (χ1v) is 9.33. The van der Waals surface area contributed by atoms with Gasteiger partial charge in [0.05, 0.1) is 4.91 Å². The zero-order valence-electron chi connectivity index (χ0n) is 15.8. The first-order valence-electron chi connectivity index (χ1n) is 9.33. The molecule has 3 rings (SSSR count). The van der Waals surface area contributed by atoms with E-state index in [-0.39, 0.29) is 23.0 Å². The predicted octanol–water partition coefficient (Wildman–Crippen LogP) is 1.24. The highest BCUT2D eigenvalue weighted by Crippen LogP contribution is 2.33. The number of carbonyl (C=O) groups excluding carboxylic acids is 1. The van der Waals surface area contributed by atoms with E-state index in [1.165, 1.54) is 18.6 Å². The molecule has 2 N–H and O–H groups in total. The zero-order chi connectivity index (χ0) is 19.6. The Kier molecular flexibility index (Phi) is 5.91. The number of nitrogens with zero attached hydrogens (tertiary/aromatic N) is 4. The van der Waals surface area contributed by atoms with Gasteiger partial charge >= 0.3 is 5.91 Å². The van der Waals surface area contributed by atoms with E-state index in [1.54, 1.807) is 0 Å². The Hall–Kier alpha value is -2.26. The first-order chi connectivity index (χ1) is 12.8. The Balaban J connectivity index is 1.61. The minimum Gasteiger partial charge on any atom is -0.505 e. The van der Waals surface area contributed by atoms with Gasteiger partial charge in [0.25, 0.3) is 4.98 Å². The molecule has 148 valence electrons. The molecule has 2 heterocycles. The fourth-order valence-corrected chi connectivity index (χ4v) is 3.43. The number of hydrogen-bond acceptors (Lipinski definition) is 5. The van der Waals surface area contributed by atoms with Crippen LogP contribution in [-0.4, -0.2) is 65.1 Å². The predicted molar refractivity (Wildman–Crippen MR) is 98.4 cm³/mol. The summed E-state index contributed by atoms with van der Waals surface area (Å²) in [5, 5.41) is 11.1. The van der Waals surface area contributed by atoms with E-state index in [0.717, 1.165) is 37.7 Å². The molecule has 27 heavy (non-hydrogen) atoms. The van der Waals surface area contributed by atoms with Crippen molar-refractivity contribution in [3.63, 3.8) is 0 Å². The lowest BCUT2D eigenvalue weighted by Crippen LogP contribution is -2.46. The topological polar surface area (TPSA) is 79.1 Å². The van der Waals surface area contributed by atoms with E-state index in [9.17, 15) is 19.2 Å². The third kappa shape index (κ3) is 4.72. The molecule has 0 unspecified atom stereocenters. The summed E-state index contributed by atoms with van der Waals surface area (Å²) in [7, 11) is 0. The van der Waals surface area contributed by atoms with Crippen LogP contribution in [0.25, 0.3) is 0 Å². The summed E-state index contributed by atoms with van der Waals surface area (Å²) in [5.74, 6) is -0.933. The zero-order valence-corrected chi connectivity index (χ0v) is 15.8. The van der Waals surface area contributed by atoms with Gasteiger partial charge in [-0.15, -0.1) is 0 Å². The van der Waals surface area contributed by atoms with Crippen molar-refractivity contribution >= 4 is 11.6 Å². The average molecular weight is 380 g/mol. The summed E-state index contributed by atoms with van der Waals surface area (Å²) < 4.78 is 14.5. The lowest BCUT2D eigenvalue weighted by atomic mass is 10.1. The van der Waals surface area contributed by atoms with Crippen LogP contribution in [-0.2, 0) is 11.3 Å². The van der Waals surface area contributed by atoms with Gasteiger partial charge in [-0.25, -0.2) is 4.39 Å². The van der Waals surface area contributed by atoms with E-state index >= 15 is 0 Å². The molecule has 8 nitrogen and oxygen atoms in total. The van der Waals surface area contributed by atoms with Gasteiger partial charge in [0, 0.05) is 32.7 Å². The van der Waals surface area contributed by atoms with E-state index in [1.807, 2.05) is 5.43 Å². The van der Waals surface area contributed by atoms with E-state index in [4.69, 9.17) is 0 Å². The number of carbonyl (C=O) groups is 1. The van der Waals surface area contributed by atoms with Gasteiger partial charge < -0.3 is 10.0 Å². The number of phenolic OH excluding ortho intramolecular Hbond substituents is 1. The number of anilines is 1. The third-order valence-corrected chi connectivity index (χ3v) is 4.99. The molecule has 1 aromatic carbocycles. The van der Waals surface area contributed by atoms with Crippen LogP contribution in [0, 0.1) is 16.6 Å². The number of nitrogens with one attached hydrogen (secondary N) is 1. The maximum absolute atomic E-state index is 14.5. The molecule has 0 saturated carbocycles. The highest BCUT2D eigenvalue weighted by atomic mass is 19.1. The molecule has 2 fully saturated rings. The standard InChI is InChI=1S/C18H26FN5O3/c1-13(2)3-4-21-5-7-22(8-6-21)11-14-9-15(19)18(16(25)10-14)23-12-17(26)20-24(23)27/h9-10,13H,3-8,11-12H2,1-2H3,(H-,20,25,26,27)/p+1. The number of hydrogen-bond donors (Lipinski definition) is 2. The summed E-state index contributed by atoms with van der Waals surface area (Å²) >= 11 is 0. The number of hydrazine groups is 2. The van der Waals surface area contributed by atoms with Crippen LogP contribution < -0.4 is 10.4 Å². The average Bonchev–Trinajstić information content (AvgIpc) is 2.92. The largest absolute Gasteiger partial charge is 0.505 e. The van der Waals surface area contributed by atoms with Gasteiger partial charge in [-0.3, -0.25) is 9.69 Å². The van der Waals surface area contributed by atoms with Gasteiger partial charge in [-0.1, -0.05) is 24.3 Å². The smallest absolute Gasteiger partial charge is 0.307 e. The second-order valence-electron chi connectivity index (χ2n) is 7.61. The van der Waals surface area contributed by atoms with Crippen LogP contribution in [0.5, 0.6) is 5.75 Å². The Labute approximate surface area is 158 Å². The van der Waals surface area contributed by atoms with Gasteiger partial charge in [0.15, 0.2) is 18.0 Å². The summed E-state index contributed by atoms with van der Waals surface area (Å²) in [6.07, 6.45) is 1.19. The lowest BCUT2D eigenvalue weighted by Gasteiger charge is -2.35. The normalized spacial score (nSPS) is 19.2. The second-order valence-corrected chi connectivity index (χ2v) is 7.61. The summed E-state index contributed by atoms with van der Waals surface area (Å²) in [6, 6.07) is 2.77. The second kappa shape index (κ2) is 8.18. The van der Waals surface area contributed by atoms with Crippen molar-refractivity contribution in [2.75, 3.05) is 44.3 Å². The van der Waals surface area contributed by atoms with E-state index in [0.29, 0.717) is 18.0 Å². The molecule has 0 radical (unpaired) electrons. The van der Waals surface area contributed by atoms with Gasteiger partial charge in [0.2, 0.25) is 0 Å². The molecule has 2 aliphatic heterocycles. The number of benzene rings is 1. The Morgan fingerprint density at radius 3 is 2.44 bits per heavy atom. The van der Waals surface area contributed by atoms with Crippen molar-refractivity contribution in [1.29, 1.82) is 0 Å². The number of aromatic hydroxyl groups is 1. The Morgan fingerprint density at radius 2 is 1.89 bits per heavy atom. The molecule has 0 spiro atoms. The molecule has 0 atom stereocenters. The van der Waals surface area contributed by atoms with E-state index < -0.39 is 11.7 Å². The fraction of sp³-hybridized carbons (Fsp3) is 0.611. The van der Waals surface area contributed by atoms with Gasteiger partial charge in [0.1, 0.15) is 5.75 Å². The Bertz CT molecular complexity index is 696. The minimum absolute atomic E-state index is 0.135. The van der Waals surface area contributed by atoms with Crippen LogP contribution >= 0.6 is 0 Å². The van der Waals surface area contributed by atoms with Crippen molar-refractivity contribution in [2.24, 2.45) is 5.92 Å². The van der Waals surface area contributed by atoms with Crippen molar-refractivity contribution in [3.8, 4) is 5.75 Å². The number of nitroso groups, excluding NO2 is 1. The van der Waals surface area contributed by atoms with Crippen LogP contribution in [0.2, 0.25) is 0 Å². The van der Waals surface area contributed by atoms with Crippen LogP contribution in [0.4, 0.5) is 10.1 Å². The van der Waals surface area contributed by atoms with Crippen molar-refractivity contribution in [3.05, 3.63) is 28.4 Å². The first kappa shape index (κ1) is 19.5. The molecule has 0 bridgehead atoms. The molecule has 9 heteroatoms. The monoisotopic (exact) mass is 380 g/mol. The number of rotatable bonds is 6. The maximum Gasteiger partial charge on any atom is 0.307 e. The highest BCUT2D eigenvalue weighted by molar-refractivity contribution is 5.82. The van der Waals surface area contributed by atoms with Crippen LogP contribution in [0.3, 0.4) is 0 Å². The summed E-state index contributed by atoms with van der Waals surface area (Å²) in [5.41, 5.74) is 2.35. The lowest BCUT2D eigenvalue weighted by molar-refractivity contribution is -0.591. The number of piperazine rings is 1. The van der Waals surface area contributed by atoms with Crippen molar-refractivity contribution < 1.29 is 19.3 Å². The molecule has 1 aromatic rings. The molecule has 2 saturated heterocycles. The van der Waals surface area contributed by atoms with Gasteiger partial charge in [-0.05, 0) is 36.6 Å². The fourth-order valence-electron chi connectivity index (χ4n) is 3.43. The SMILES string of the molecule is CC(C)CCN1CCN(Cc2cc(O)c(N3CC(=O)N[N+]3=O)c(F)c2)CC1. The van der Waals surface area contributed by atoms with Crippen LogP contribution in [0.15, 0.2) is 12.1 Å². The molecule has 0 aromatic heterocycles. The van der Waals surface area contributed by atoms with Crippen molar-refractivity contribution in [2.45, 2.75) is 26.8 Å². The van der Waals surface area contributed by atoms with E-state index in [2.05, 4.69) is 23.6 Å².